The molecule has 0 amide bonds. The Labute approximate surface area is 88.7 Å². The van der Waals surface area contributed by atoms with Gasteiger partial charge in [0.1, 0.15) is 5.75 Å². The fourth-order valence-electron chi connectivity index (χ4n) is 1.78. The molecule has 0 saturated carbocycles. The summed E-state index contributed by atoms with van der Waals surface area (Å²) in [5.74, 6) is 0.658. The number of fused-ring (bicyclic) bond motifs is 1. The van der Waals surface area contributed by atoms with Crippen molar-refractivity contribution in [1.29, 1.82) is 0 Å². The van der Waals surface area contributed by atoms with Crippen molar-refractivity contribution < 1.29 is 8.85 Å². The van der Waals surface area contributed by atoms with Crippen molar-refractivity contribution in [1.82, 2.24) is 4.90 Å². The highest BCUT2D eigenvalue weighted by Gasteiger charge is 2.15. The molecule has 2 N–H and O–H groups in total. The van der Waals surface area contributed by atoms with Crippen LogP contribution in [0.4, 0.5) is 5.69 Å². The highest BCUT2D eigenvalue weighted by atomic mass is 16.5. The average molecular weight is 195 g/mol. The third-order valence-corrected chi connectivity index (χ3v) is 2.56. The Morgan fingerprint density at radius 3 is 3.07 bits per heavy atom. The molecule has 76 valence electrons. The lowest BCUT2D eigenvalue weighted by Crippen LogP contribution is -2.26. The summed E-state index contributed by atoms with van der Waals surface area (Å²) in [4.78, 5) is 1.49. The molecule has 1 aromatic rings. The van der Waals surface area contributed by atoms with Gasteiger partial charge in [-0.25, -0.2) is 0 Å². The number of anilines is 1. The topological polar surface area (TPSA) is 38.5 Å². The predicted molar refractivity (Wildman–Crippen MR) is 57.4 cm³/mol. The summed E-state index contributed by atoms with van der Waals surface area (Å²) in [6, 6.07) is 3.72. The first-order valence-electron chi connectivity index (χ1n) is 6.12. The van der Waals surface area contributed by atoms with Crippen molar-refractivity contribution in [3.63, 3.8) is 0 Å². The van der Waals surface area contributed by atoms with Crippen LogP contribution in [0.25, 0.3) is 0 Å². The van der Waals surface area contributed by atoms with E-state index in [1.54, 1.807) is 7.11 Å². The number of nitrogen functional groups attached to an aromatic ring is 1. The second-order valence-electron chi connectivity index (χ2n) is 3.53. The third-order valence-electron chi connectivity index (χ3n) is 2.56. The second-order valence-corrected chi connectivity index (χ2v) is 3.53. The number of nitrogens with zero attached hydrogens (tertiary/aromatic N) is 1. The van der Waals surface area contributed by atoms with Gasteiger partial charge in [-0.2, -0.15) is 0 Å². The largest absolute Gasteiger partial charge is 0.495 e. The maximum absolute atomic E-state index is 7.40. The Balaban J connectivity index is 2.30. The van der Waals surface area contributed by atoms with Crippen molar-refractivity contribution in [3.05, 3.63) is 23.3 Å². The number of benzene rings is 1. The standard InChI is InChI=1S/C11H16N2O/c1-13-4-3-8-6-11(14-2)10(12)5-9(8)7-13/h5-6H,3-4,7,12H2,1-2H3/i1D3. The Bertz CT molecular complexity index is 431. The minimum atomic E-state index is -2.04. The van der Waals surface area contributed by atoms with Crippen LogP contribution in [0.2, 0.25) is 0 Å². The first-order valence-corrected chi connectivity index (χ1v) is 4.62. The zero-order chi connectivity index (χ0) is 12.6. The number of ether oxygens (including phenoxy) is 1. The number of likely N-dealkylation sites (N-methyl/N-ethyl adjacent to an activating group) is 1. The molecule has 0 atom stereocenters. The zero-order valence-electron chi connectivity index (χ0n) is 11.2. The predicted octanol–water partition coefficient (Wildman–Crippen LogP) is 1.27. The molecular formula is C11H16N2O. The van der Waals surface area contributed by atoms with Gasteiger partial charge in [-0.05, 0) is 36.7 Å². The first-order chi connectivity index (χ1) is 7.91. The van der Waals surface area contributed by atoms with E-state index in [2.05, 4.69) is 0 Å². The monoisotopic (exact) mass is 195 g/mol. The van der Waals surface area contributed by atoms with E-state index >= 15 is 0 Å². The van der Waals surface area contributed by atoms with Gasteiger partial charge in [-0.3, -0.25) is 0 Å². The third kappa shape index (κ3) is 1.55. The minimum Gasteiger partial charge on any atom is -0.495 e. The summed E-state index contributed by atoms with van der Waals surface area (Å²) in [6.45, 7) is -1.08. The molecule has 0 spiro atoms. The van der Waals surface area contributed by atoms with Gasteiger partial charge in [0.2, 0.25) is 0 Å². The van der Waals surface area contributed by atoms with Gasteiger partial charge in [-0.15, -0.1) is 0 Å². The smallest absolute Gasteiger partial charge is 0.142 e. The number of rotatable bonds is 1. The lowest BCUT2D eigenvalue weighted by Gasteiger charge is -2.25. The molecule has 0 fully saturated rings. The van der Waals surface area contributed by atoms with Crippen molar-refractivity contribution in [2.24, 2.45) is 0 Å². The maximum Gasteiger partial charge on any atom is 0.142 e. The molecule has 1 heterocycles. The molecule has 14 heavy (non-hydrogen) atoms. The molecule has 0 saturated heterocycles. The molecular weight excluding hydrogens is 176 g/mol. The molecule has 2 rings (SSSR count). The number of hydrogen-bond donors (Lipinski definition) is 1. The van der Waals surface area contributed by atoms with Crippen molar-refractivity contribution >= 4 is 5.69 Å². The Kier molecular flexibility index (Phi) is 1.57. The number of hydrogen-bond acceptors (Lipinski definition) is 3. The molecule has 1 aromatic carbocycles. The molecule has 0 unspecified atom stereocenters. The van der Waals surface area contributed by atoms with E-state index < -0.39 is 6.98 Å². The Morgan fingerprint density at radius 2 is 2.36 bits per heavy atom. The molecule has 3 heteroatoms. The molecule has 3 nitrogen and oxygen atoms in total. The molecule has 0 radical (unpaired) electrons. The fraction of sp³-hybridized carbons (Fsp3) is 0.455. The van der Waals surface area contributed by atoms with E-state index in [4.69, 9.17) is 14.6 Å². The van der Waals surface area contributed by atoms with Gasteiger partial charge in [0.15, 0.2) is 0 Å². The first kappa shape index (κ1) is 6.30. The van der Waals surface area contributed by atoms with Crippen LogP contribution in [0.5, 0.6) is 5.75 Å². The van der Waals surface area contributed by atoms with E-state index in [9.17, 15) is 0 Å². The number of methoxy groups -OCH3 is 1. The van der Waals surface area contributed by atoms with Crippen LogP contribution in [0.3, 0.4) is 0 Å². The molecule has 1 aliphatic heterocycles. The summed E-state index contributed by atoms with van der Waals surface area (Å²) in [5.41, 5.74) is 8.48. The van der Waals surface area contributed by atoms with E-state index in [-0.39, 0.29) is 0 Å². The minimum absolute atomic E-state index is 0.417. The van der Waals surface area contributed by atoms with Gasteiger partial charge in [-0.1, -0.05) is 0 Å². The molecule has 0 bridgehead atoms. The van der Waals surface area contributed by atoms with Crippen molar-refractivity contribution in [2.45, 2.75) is 13.0 Å². The van der Waals surface area contributed by atoms with Crippen LogP contribution in [0, 0.1) is 0 Å². The van der Waals surface area contributed by atoms with Crippen LogP contribution in [-0.4, -0.2) is 25.5 Å². The summed E-state index contributed by atoms with van der Waals surface area (Å²) < 4.78 is 27.4. The van der Waals surface area contributed by atoms with Gasteiger partial charge >= 0.3 is 0 Å². The quantitative estimate of drug-likeness (QED) is 0.686. The van der Waals surface area contributed by atoms with Crippen LogP contribution >= 0.6 is 0 Å². The van der Waals surface area contributed by atoms with Crippen molar-refractivity contribution in [2.75, 3.05) is 26.4 Å². The summed E-state index contributed by atoms with van der Waals surface area (Å²) >= 11 is 0. The lowest BCUT2D eigenvalue weighted by atomic mass is 9.99. The highest BCUT2D eigenvalue weighted by Crippen LogP contribution is 2.28. The Morgan fingerprint density at radius 1 is 1.50 bits per heavy atom. The van der Waals surface area contributed by atoms with Gasteiger partial charge < -0.3 is 15.4 Å². The van der Waals surface area contributed by atoms with Crippen LogP contribution < -0.4 is 10.5 Å². The summed E-state index contributed by atoms with van der Waals surface area (Å²) in [7, 11) is 1.58. The SMILES string of the molecule is [2H]C([2H])([2H])N1CCc2cc(OC)c(N)cc2C1. The lowest BCUT2D eigenvalue weighted by molar-refractivity contribution is 0.312. The van der Waals surface area contributed by atoms with E-state index in [1.807, 2.05) is 12.1 Å². The van der Waals surface area contributed by atoms with Gasteiger partial charge in [0.25, 0.3) is 0 Å². The maximum atomic E-state index is 7.40. The number of nitrogens with two attached hydrogens (primary N) is 1. The summed E-state index contributed by atoms with van der Waals surface area (Å²) in [5, 5.41) is 0. The van der Waals surface area contributed by atoms with Crippen LogP contribution in [0.15, 0.2) is 12.1 Å². The van der Waals surface area contributed by atoms with E-state index in [0.717, 1.165) is 11.1 Å². The zero-order valence-corrected chi connectivity index (χ0v) is 8.21. The van der Waals surface area contributed by atoms with Gasteiger partial charge in [0.05, 0.1) is 12.8 Å². The van der Waals surface area contributed by atoms with Gasteiger partial charge in [0, 0.05) is 17.2 Å². The van der Waals surface area contributed by atoms with Crippen molar-refractivity contribution in [3.8, 4) is 5.75 Å². The Hall–Kier alpha value is -1.22. The average Bonchev–Trinajstić information content (AvgIpc) is 2.26. The van der Waals surface area contributed by atoms with Crippen LogP contribution in [-0.2, 0) is 13.0 Å². The normalized spacial score (nSPS) is 20.5. The second kappa shape index (κ2) is 3.50. The van der Waals surface area contributed by atoms with E-state index in [1.165, 1.54) is 4.90 Å². The molecule has 1 aliphatic rings. The highest BCUT2D eigenvalue weighted by molar-refractivity contribution is 5.57. The molecule has 0 aromatic heterocycles. The molecule has 0 aliphatic carbocycles. The fourth-order valence-corrected chi connectivity index (χ4v) is 1.78. The van der Waals surface area contributed by atoms with Crippen LogP contribution in [0.1, 0.15) is 15.2 Å². The van der Waals surface area contributed by atoms with E-state index in [0.29, 0.717) is 30.9 Å². The summed E-state index contributed by atoms with van der Waals surface area (Å²) in [6.07, 6.45) is 0.713.